The van der Waals surface area contributed by atoms with Crippen molar-refractivity contribution in [3.63, 3.8) is 0 Å². The van der Waals surface area contributed by atoms with Crippen molar-refractivity contribution in [1.29, 1.82) is 0 Å². The van der Waals surface area contributed by atoms with E-state index >= 15 is 0 Å². The topological polar surface area (TPSA) is 106 Å². The van der Waals surface area contributed by atoms with E-state index in [1.54, 1.807) is 78.9 Å². The molecular formula is C38H32FN3O5S. The van der Waals surface area contributed by atoms with E-state index in [1.807, 2.05) is 36.4 Å². The van der Waals surface area contributed by atoms with Crippen LogP contribution in [0.1, 0.15) is 26.7 Å². The van der Waals surface area contributed by atoms with E-state index < -0.39 is 28.8 Å². The van der Waals surface area contributed by atoms with Gasteiger partial charge in [-0.3, -0.25) is 14.4 Å². The monoisotopic (exact) mass is 661 g/mol. The Morgan fingerprint density at radius 1 is 0.750 bits per heavy atom. The minimum absolute atomic E-state index is 0.0418. The predicted octanol–water partition coefficient (Wildman–Crippen LogP) is 7.72. The number of benzene rings is 5. The summed E-state index contributed by atoms with van der Waals surface area (Å²) < 4.78 is 25.2. The Morgan fingerprint density at radius 2 is 1.46 bits per heavy atom. The van der Waals surface area contributed by atoms with Crippen LogP contribution in [0.2, 0.25) is 0 Å². The molecule has 5 aromatic rings. The maximum Gasteiger partial charge on any atom is 0.272 e. The van der Waals surface area contributed by atoms with Gasteiger partial charge in [-0.15, -0.1) is 11.8 Å². The smallest absolute Gasteiger partial charge is 0.272 e. The summed E-state index contributed by atoms with van der Waals surface area (Å²) in [6, 6.07) is 35.7. The lowest BCUT2D eigenvalue weighted by atomic mass is 10.1. The third-order valence-electron chi connectivity index (χ3n) is 7.08. The molecule has 3 amide bonds. The number of para-hydroxylation sites is 1. The molecule has 48 heavy (non-hydrogen) atoms. The Morgan fingerprint density at radius 3 is 2.17 bits per heavy atom. The Hall–Kier alpha value is -5.87. The molecule has 5 rings (SSSR count). The van der Waals surface area contributed by atoms with Crippen molar-refractivity contribution in [1.82, 2.24) is 5.32 Å². The maximum atomic E-state index is 14.4. The lowest BCUT2D eigenvalue weighted by Crippen LogP contribution is -2.30. The number of ether oxygens (including phenoxy) is 2. The molecular weight excluding hydrogens is 629 g/mol. The minimum atomic E-state index is -0.738. The third kappa shape index (κ3) is 8.68. The SMILES string of the molecule is COc1ccc(OC)c(/C=C(/NC(=O)c2ccccc2)C(=O)Nc2cccc(SC(C(=O)Nc3ccccc3F)c3ccccc3)c2)c1. The van der Waals surface area contributed by atoms with Crippen LogP contribution in [-0.4, -0.2) is 31.9 Å². The number of rotatable bonds is 12. The summed E-state index contributed by atoms with van der Waals surface area (Å²) in [7, 11) is 3.03. The van der Waals surface area contributed by atoms with Gasteiger partial charge in [-0.2, -0.15) is 0 Å². The average molecular weight is 662 g/mol. The van der Waals surface area contributed by atoms with Gasteiger partial charge in [-0.1, -0.05) is 66.7 Å². The van der Waals surface area contributed by atoms with Crippen molar-refractivity contribution in [2.24, 2.45) is 0 Å². The quantitative estimate of drug-likeness (QED) is 0.0934. The zero-order valence-corrected chi connectivity index (χ0v) is 26.9. The van der Waals surface area contributed by atoms with Gasteiger partial charge in [0.2, 0.25) is 5.91 Å². The second kappa shape index (κ2) is 16.1. The number of hydrogen-bond acceptors (Lipinski definition) is 6. The van der Waals surface area contributed by atoms with Crippen LogP contribution in [0.4, 0.5) is 15.8 Å². The first-order valence-electron chi connectivity index (χ1n) is 14.8. The number of thioether (sulfide) groups is 1. The van der Waals surface area contributed by atoms with Gasteiger partial charge in [-0.05, 0) is 72.3 Å². The molecule has 242 valence electrons. The summed E-state index contributed by atoms with van der Waals surface area (Å²) in [4.78, 5) is 41.1. The highest BCUT2D eigenvalue weighted by Crippen LogP contribution is 2.37. The molecule has 0 fully saturated rings. The average Bonchev–Trinajstić information content (AvgIpc) is 3.12. The molecule has 0 spiro atoms. The molecule has 1 unspecified atom stereocenters. The van der Waals surface area contributed by atoms with Crippen molar-refractivity contribution in [3.8, 4) is 11.5 Å². The van der Waals surface area contributed by atoms with E-state index in [4.69, 9.17) is 9.47 Å². The molecule has 0 aromatic heterocycles. The second-order valence-electron chi connectivity index (χ2n) is 10.3. The van der Waals surface area contributed by atoms with Crippen LogP contribution in [0.25, 0.3) is 6.08 Å². The zero-order chi connectivity index (χ0) is 33.9. The lowest BCUT2D eigenvalue weighted by Gasteiger charge is -2.18. The van der Waals surface area contributed by atoms with E-state index in [9.17, 15) is 18.8 Å². The second-order valence-corrected chi connectivity index (χ2v) is 11.5. The van der Waals surface area contributed by atoms with Gasteiger partial charge in [-0.25, -0.2) is 4.39 Å². The maximum absolute atomic E-state index is 14.4. The Kier molecular flexibility index (Phi) is 11.2. The van der Waals surface area contributed by atoms with E-state index in [0.717, 1.165) is 0 Å². The first-order valence-corrected chi connectivity index (χ1v) is 15.7. The number of nitrogens with one attached hydrogen (secondary N) is 3. The minimum Gasteiger partial charge on any atom is -0.497 e. The van der Waals surface area contributed by atoms with Crippen LogP contribution in [-0.2, 0) is 9.59 Å². The summed E-state index contributed by atoms with van der Waals surface area (Å²) in [6.45, 7) is 0. The van der Waals surface area contributed by atoms with Crippen LogP contribution in [0.15, 0.2) is 138 Å². The fourth-order valence-corrected chi connectivity index (χ4v) is 5.78. The van der Waals surface area contributed by atoms with Gasteiger partial charge >= 0.3 is 0 Å². The van der Waals surface area contributed by atoms with Gasteiger partial charge in [0.15, 0.2) is 0 Å². The molecule has 1 atom stereocenters. The lowest BCUT2D eigenvalue weighted by molar-refractivity contribution is -0.116. The molecule has 0 aliphatic heterocycles. The van der Waals surface area contributed by atoms with Crippen molar-refractivity contribution in [2.75, 3.05) is 24.9 Å². The van der Waals surface area contributed by atoms with E-state index in [1.165, 1.54) is 44.2 Å². The normalized spacial score (nSPS) is 11.6. The number of hydrogen-bond donors (Lipinski definition) is 3. The third-order valence-corrected chi connectivity index (χ3v) is 8.33. The molecule has 5 aromatic carbocycles. The molecule has 0 saturated carbocycles. The summed E-state index contributed by atoms with van der Waals surface area (Å²) >= 11 is 1.24. The van der Waals surface area contributed by atoms with Gasteiger partial charge < -0.3 is 25.4 Å². The molecule has 10 heteroatoms. The molecule has 0 aliphatic carbocycles. The van der Waals surface area contributed by atoms with Crippen molar-refractivity contribution >= 4 is 46.9 Å². The molecule has 0 saturated heterocycles. The van der Waals surface area contributed by atoms with Gasteiger partial charge in [0, 0.05) is 21.7 Å². The standard InChI is InChI=1S/C38H32FN3O5S/c1-46-29-20-21-34(47-2)27(22-29)23-33(42-36(43)26-14-7-4-8-15-26)37(44)40-28-16-11-17-30(24-28)48-35(25-12-5-3-6-13-25)38(45)41-32-19-10-9-18-31(32)39/h3-24,35H,1-2H3,(H,40,44)(H,41,45)(H,42,43)/b33-23+. The number of amides is 3. The first-order chi connectivity index (χ1) is 23.3. The number of halogens is 1. The van der Waals surface area contributed by atoms with Crippen molar-refractivity contribution < 1.29 is 28.2 Å². The van der Waals surface area contributed by atoms with E-state index in [2.05, 4.69) is 16.0 Å². The van der Waals surface area contributed by atoms with Gasteiger partial charge in [0.1, 0.15) is 28.3 Å². The van der Waals surface area contributed by atoms with E-state index in [-0.39, 0.29) is 11.4 Å². The summed E-state index contributed by atoms with van der Waals surface area (Å²) in [5.41, 5.74) is 2.05. The highest BCUT2D eigenvalue weighted by molar-refractivity contribution is 8.00. The fourth-order valence-electron chi connectivity index (χ4n) is 4.69. The van der Waals surface area contributed by atoms with Crippen molar-refractivity contribution in [2.45, 2.75) is 10.1 Å². The number of methoxy groups -OCH3 is 2. The Labute approximate surface area is 282 Å². The van der Waals surface area contributed by atoms with E-state index in [0.29, 0.717) is 38.8 Å². The highest BCUT2D eigenvalue weighted by Gasteiger charge is 2.24. The molecule has 0 aliphatic rings. The van der Waals surface area contributed by atoms with Gasteiger partial charge in [0.25, 0.3) is 11.8 Å². The number of carbonyl (C=O) groups excluding carboxylic acids is 3. The molecule has 0 radical (unpaired) electrons. The fraction of sp³-hybridized carbons (Fsp3) is 0.0789. The highest BCUT2D eigenvalue weighted by atomic mass is 32.2. The molecule has 3 N–H and O–H groups in total. The largest absolute Gasteiger partial charge is 0.497 e. The number of anilines is 2. The van der Waals surface area contributed by atoms with Gasteiger partial charge in [0.05, 0.1) is 19.9 Å². The summed E-state index contributed by atoms with van der Waals surface area (Å²) in [5.74, 6) is -1.02. The van der Waals surface area contributed by atoms with Crippen molar-refractivity contribution in [3.05, 3.63) is 156 Å². The molecule has 0 bridgehead atoms. The molecule has 0 heterocycles. The Balaban J connectivity index is 1.42. The molecule has 8 nitrogen and oxygen atoms in total. The number of carbonyl (C=O) groups is 3. The Bertz CT molecular complexity index is 1940. The van der Waals surface area contributed by atoms with Crippen LogP contribution in [0.5, 0.6) is 11.5 Å². The van der Waals surface area contributed by atoms with Crippen LogP contribution in [0.3, 0.4) is 0 Å². The van der Waals surface area contributed by atoms with Crippen LogP contribution < -0.4 is 25.4 Å². The predicted molar refractivity (Wildman–Crippen MR) is 187 cm³/mol. The zero-order valence-electron chi connectivity index (χ0n) is 26.1. The van der Waals surface area contributed by atoms with Crippen LogP contribution >= 0.6 is 11.8 Å². The first kappa shape index (κ1) is 33.5. The summed E-state index contributed by atoms with van der Waals surface area (Å²) in [6.07, 6.45) is 1.51. The van der Waals surface area contributed by atoms with Crippen LogP contribution in [0, 0.1) is 5.82 Å². The summed E-state index contributed by atoms with van der Waals surface area (Å²) in [5, 5.41) is 7.54.